The van der Waals surface area contributed by atoms with Gasteiger partial charge in [0, 0.05) is 5.69 Å². The summed E-state index contributed by atoms with van der Waals surface area (Å²) < 4.78 is 5.32. The summed E-state index contributed by atoms with van der Waals surface area (Å²) in [7, 11) is 0. The van der Waals surface area contributed by atoms with Crippen LogP contribution in [0.2, 0.25) is 0 Å². The number of rotatable bonds is 2. The molecular formula is C13H17NO. The number of nitrogen functional groups attached to an aromatic ring is 1. The van der Waals surface area contributed by atoms with Crippen molar-refractivity contribution in [3.05, 3.63) is 35.4 Å². The molecule has 1 aromatic carbocycles. The molecule has 2 N–H and O–H groups in total. The van der Waals surface area contributed by atoms with E-state index < -0.39 is 0 Å². The van der Waals surface area contributed by atoms with Gasteiger partial charge in [0.1, 0.15) is 0 Å². The highest BCUT2D eigenvalue weighted by Gasteiger charge is 2.11. The van der Waals surface area contributed by atoms with E-state index in [-0.39, 0.29) is 0 Å². The Kier molecular flexibility index (Phi) is 3.07. The van der Waals surface area contributed by atoms with Gasteiger partial charge >= 0.3 is 0 Å². The van der Waals surface area contributed by atoms with Crippen LogP contribution in [-0.4, -0.2) is 13.2 Å². The van der Waals surface area contributed by atoms with E-state index in [0.717, 1.165) is 31.7 Å². The third kappa shape index (κ3) is 2.05. The Morgan fingerprint density at radius 3 is 2.93 bits per heavy atom. The molecule has 0 atom stereocenters. The molecule has 1 aliphatic heterocycles. The van der Waals surface area contributed by atoms with Gasteiger partial charge in [-0.25, -0.2) is 0 Å². The van der Waals surface area contributed by atoms with Gasteiger partial charge in [0.2, 0.25) is 0 Å². The van der Waals surface area contributed by atoms with Crippen LogP contribution in [0.25, 0.3) is 5.57 Å². The van der Waals surface area contributed by atoms with Gasteiger partial charge in [-0.05, 0) is 35.6 Å². The van der Waals surface area contributed by atoms with Crippen molar-refractivity contribution in [3.63, 3.8) is 0 Å². The summed E-state index contributed by atoms with van der Waals surface area (Å²) in [5.74, 6) is 0. The van der Waals surface area contributed by atoms with Crippen LogP contribution in [0.4, 0.5) is 5.69 Å². The molecule has 15 heavy (non-hydrogen) atoms. The lowest BCUT2D eigenvalue weighted by Gasteiger charge is -2.17. The number of benzene rings is 1. The number of nitrogens with two attached hydrogens (primary N) is 1. The Morgan fingerprint density at radius 2 is 2.27 bits per heavy atom. The van der Waals surface area contributed by atoms with Crippen molar-refractivity contribution in [2.75, 3.05) is 18.9 Å². The maximum absolute atomic E-state index is 5.98. The average Bonchev–Trinajstić information content (AvgIpc) is 2.30. The predicted molar refractivity (Wildman–Crippen MR) is 63.6 cm³/mol. The van der Waals surface area contributed by atoms with Gasteiger partial charge in [0.05, 0.1) is 13.2 Å². The van der Waals surface area contributed by atoms with Crippen LogP contribution >= 0.6 is 0 Å². The molecule has 0 fully saturated rings. The predicted octanol–water partition coefficient (Wildman–Crippen LogP) is 2.63. The largest absolute Gasteiger partial charge is 0.398 e. The summed E-state index contributed by atoms with van der Waals surface area (Å²) >= 11 is 0. The summed E-state index contributed by atoms with van der Waals surface area (Å²) in [6.45, 7) is 3.70. The van der Waals surface area contributed by atoms with Crippen LogP contribution in [-0.2, 0) is 11.2 Å². The number of anilines is 1. The fourth-order valence-electron chi connectivity index (χ4n) is 2.07. The highest BCUT2D eigenvalue weighted by atomic mass is 16.5. The molecule has 1 aromatic rings. The molecule has 0 saturated heterocycles. The average molecular weight is 203 g/mol. The summed E-state index contributed by atoms with van der Waals surface area (Å²) in [6.07, 6.45) is 4.15. The molecule has 0 saturated carbocycles. The first kappa shape index (κ1) is 10.2. The van der Waals surface area contributed by atoms with E-state index >= 15 is 0 Å². The topological polar surface area (TPSA) is 35.2 Å². The van der Waals surface area contributed by atoms with Crippen molar-refractivity contribution in [2.45, 2.75) is 19.8 Å². The second-order valence-electron chi connectivity index (χ2n) is 3.78. The number of ether oxygens (including phenoxy) is 1. The fraction of sp³-hybridized carbons (Fsp3) is 0.385. The Hall–Kier alpha value is -1.28. The van der Waals surface area contributed by atoms with E-state index in [2.05, 4.69) is 19.1 Å². The Labute approximate surface area is 90.7 Å². The van der Waals surface area contributed by atoms with E-state index in [1.165, 1.54) is 16.7 Å². The van der Waals surface area contributed by atoms with Crippen molar-refractivity contribution in [2.24, 2.45) is 0 Å². The molecular weight excluding hydrogens is 186 g/mol. The first-order valence-corrected chi connectivity index (χ1v) is 5.47. The lowest BCUT2D eigenvalue weighted by Crippen LogP contribution is -2.06. The van der Waals surface area contributed by atoms with Gasteiger partial charge in [0.15, 0.2) is 0 Å². The molecule has 80 valence electrons. The molecule has 0 aromatic heterocycles. The first-order chi connectivity index (χ1) is 7.33. The van der Waals surface area contributed by atoms with Crippen molar-refractivity contribution in [1.29, 1.82) is 0 Å². The normalized spacial score (nSPS) is 16.2. The summed E-state index contributed by atoms with van der Waals surface area (Å²) in [5, 5.41) is 0. The van der Waals surface area contributed by atoms with Gasteiger partial charge in [0.25, 0.3) is 0 Å². The van der Waals surface area contributed by atoms with Crippen LogP contribution in [0.1, 0.15) is 24.5 Å². The van der Waals surface area contributed by atoms with Gasteiger partial charge in [-0.2, -0.15) is 0 Å². The molecule has 1 aliphatic rings. The maximum atomic E-state index is 5.98. The molecule has 2 heteroatoms. The molecule has 0 unspecified atom stereocenters. The lowest BCUT2D eigenvalue weighted by molar-refractivity contribution is 0.161. The fourth-order valence-corrected chi connectivity index (χ4v) is 2.07. The molecule has 0 bridgehead atoms. The Balaban J connectivity index is 2.42. The molecule has 2 nitrogen and oxygen atoms in total. The van der Waals surface area contributed by atoms with Crippen molar-refractivity contribution < 1.29 is 4.74 Å². The highest BCUT2D eigenvalue weighted by Crippen LogP contribution is 2.28. The van der Waals surface area contributed by atoms with Crippen molar-refractivity contribution in [1.82, 2.24) is 0 Å². The highest BCUT2D eigenvalue weighted by molar-refractivity contribution is 5.73. The molecule has 0 aliphatic carbocycles. The van der Waals surface area contributed by atoms with Crippen LogP contribution in [0.15, 0.2) is 24.3 Å². The molecule has 0 radical (unpaired) electrons. The van der Waals surface area contributed by atoms with E-state index in [1.54, 1.807) is 0 Å². The number of hydrogen-bond acceptors (Lipinski definition) is 2. The second kappa shape index (κ2) is 4.49. The zero-order valence-corrected chi connectivity index (χ0v) is 9.12. The van der Waals surface area contributed by atoms with Gasteiger partial charge in [-0.15, -0.1) is 0 Å². The maximum Gasteiger partial charge on any atom is 0.0653 e. The number of hydrogen-bond donors (Lipinski definition) is 1. The minimum absolute atomic E-state index is 0.729. The lowest BCUT2D eigenvalue weighted by atomic mass is 9.94. The Morgan fingerprint density at radius 1 is 1.40 bits per heavy atom. The molecule has 0 amide bonds. The molecule has 2 rings (SSSR count). The second-order valence-corrected chi connectivity index (χ2v) is 3.78. The third-order valence-corrected chi connectivity index (χ3v) is 2.88. The summed E-state index contributed by atoms with van der Waals surface area (Å²) in [5.41, 5.74) is 10.8. The van der Waals surface area contributed by atoms with Crippen LogP contribution < -0.4 is 5.73 Å². The van der Waals surface area contributed by atoms with Crippen LogP contribution in [0.5, 0.6) is 0 Å². The minimum atomic E-state index is 0.729. The quantitative estimate of drug-likeness (QED) is 0.750. The summed E-state index contributed by atoms with van der Waals surface area (Å²) in [4.78, 5) is 0. The van der Waals surface area contributed by atoms with Gasteiger partial charge in [-0.3, -0.25) is 0 Å². The van der Waals surface area contributed by atoms with E-state index in [0.29, 0.717) is 0 Å². The van der Waals surface area contributed by atoms with Crippen LogP contribution in [0.3, 0.4) is 0 Å². The molecule has 0 spiro atoms. The van der Waals surface area contributed by atoms with Gasteiger partial charge < -0.3 is 10.5 Å². The molecule has 1 heterocycles. The zero-order chi connectivity index (χ0) is 10.7. The van der Waals surface area contributed by atoms with Crippen molar-refractivity contribution in [3.8, 4) is 0 Å². The van der Waals surface area contributed by atoms with E-state index in [4.69, 9.17) is 10.5 Å². The standard InChI is InChI=1S/C13H17NO/c1-2-11-12(4-3-5-13(11)14)10-6-8-15-9-7-10/h3-6H,2,7-9,14H2,1H3. The SMILES string of the molecule is CCc1c(N)cccc1C1=CCOCC1. The minimum Gasteiger partial charge on any atom is -0.398 e. The van der Waals surface area contributed by atoms with Crippen LogP contribution in [0, 0.1) is 0 Å². The third-order valence-electron chi connectivity index (χ3n) is 2.88. The van der Waals surface area contributed by atoms with Gasteiger partial charge in [-0.1, -0.05) is 25.1 Å². The van der Waals surface area contributed by atoms with E-state index in [9.17, 15) is 0 Å². The van der Waals surface area contributed by atoms with E-state index in [1.807, 2.05) is 12.1 Å². The smallest absolute Gasteiger partial charge is 0.0653 e. The Bertz CT molecular complexity index is 382. The first-order valence-electron chi connectivity index (χ1n) is 5.47. The summed E-state index contributed by atoms with van der Waals surface area (Å²) in [6, 6.07) is 6.16. The monoisotopic (exact) mass is 203 g/mol. The van der Waals surface area contributed by atoms with Crippen molar-refractivity contribution >= 4 is 11.3 Å². The zero-order valence-electron chi connectivity index (χ0n) is 9.12.